The third-order valence-corrected chi connectivity index (χ3v) is 5.59. The van der Waals surface area contributed by atoms with Crippen LogP contribution < -0.4 is 5.32 Å². The van der Waals surface area contributed by atoms with E-state index in [0.29, 0.717) is 6.54 Å². The number of carbonyl (C=O) groups excluding carboxylic acids is 1. The summed E-state index contributed by atoms with van der Waals surface area (Å²) in [6, 6.07) is 8.38. The molecule has 3 rings (SSSR count). The first-order chi connectivity index (χ1) is 12.8. The van der Waals surface area contributed by atoms with E-state index in [1.807, 2.05) is 6.07 Å². The van der Waals surface area contributed by atoms with Crippen molar-refractivity contribution in [1.82, 2.24) is 14.9 Å². The Morgan fingerprint density at radius 2 is 1.96 bits per heavy atom. The van der Waals surface area contributed by atoms with Gasteiger partial charge in [-0.2, -0.15) is 0 Å². The molecule has 0 radical (unpaired) electrons. The van der Waals surface area contributed by atoms with Gasteiger partial charge in [0, 0.05) is 25.4 Å². The molecule has 0 saturated heterocycles. The summed E-state index contributed by atoms with van der Waals surface area (Å²) in [7, 11) is 0. The van der Waals surface area contributed by atoms with Crippen molar-refractivity contribution in [1.29, 1.82) is 0 Å². The molecule has 1 aliphatic rings. The number of imidazole rings is 1. The molecule has 1 fully saturated rings. The SMILES string of the molecule is CCCCCCn1c(CCNC(=O)C2CCCCC2)nc2ccccc21. The van der Waals surface area contributed by atoms with E-state index in [2.05, 4.69) is 35.0 Å². The fourth-order valence-corrected chi connectivity index (χ4v) is 4.07. The summed E-state index contributed by atoms with van der Waals surface area (Å²) in [5.41, 5.74) is 2.29. The molecule has 1 N–H and O–H groups in total. The molecule has 1 saturated carbocycles. The number of aromatic nitrogens is 2. The van der Waals surface area contributed by atoms with Gasteiger partial charge in [-0.25, -0.2) is 4.98 Å². The Balaban J connectivity index is 1.59. The van der Waals surface area contributed by atoms with E-state index in [9.17, 15) is 4.79 Å². The van der Waals surface area contributed by atoms with Gasteiger partial charge < -0.3 is 9.88 Å². The van der Waals surface area contributed by atoms with Crippen LogP contribution in [0.3, 0.4) is 0 Å². The number of nitrogens with zero attached hydrogens (tertiary/aromatic N) is 2. The molecule has 1 aromatic heterocycles. The van der Waals surface area contributed by atoms with Crippen molar-refractivity contribution in [2.24, 2.45) is 5.92 Å². The minimum Gasteiger partial charge on any atom is -0.355 e. The Morgan fingerprint density at radius 3 is 2.77 bits per heavy atom. The Hall–Kier alpha value is -1.84. The maximum absolute atomic E-state index is 12.4. The Bertz CT molecular complexity index is 700. The first-order valence-corrected chi connectivity index (χ1v) is 10.5. The molecule has 1 heterocycles. The van der Waals surface area contributed by atoms with E-state index in [1.54, 1.807) is 0 Å². The highest BCUT2D eigenvalue weighted by Crippen LogP contribution is 2.23. The standard InChI is InChI=1S/C22H33N3O/c1-2-3-4-10-17-25-20-14-9-8-13-19(20)24-21(25)15-16-23-22(26)18-11-6-5-7-12-18/h8-9,13-14,18H,2-7,10-12,15-17H2,1H3,(H,23,26). The zero-order chi connectivity index (χ0) is 18.2. The van der Waals surface area contributed by atoms with Crippen LogP contribution in [0.1, 0.15) is 70.5 Å². The van der Waals surface area contributed by atoms with E-state index >= 15 is 0 Å². The van der Waals surface area contributed by atoms with Crippen molar-refractivity contribution in [3.63, 3.8) is 0 Å². The second-order valence-electron chi connectivity index (χ2n) is 7.61. The van der Waals surface area contributed by atoms with Gasteiger partial charge in [0.05, 0.1) is 11.0 Å². The van der Waals surface area contributed by atoms with Crippen LogP contribution in [-0.2, 0) is 17.8 Å². The maximum atomic E-state index is 12.4. The first kappa shape index (κ1) is 18.9. The minimum atomic E-state index is 0.233. The first-order valence-electron chi connectivity index (χ1n) is 10.5. The lowest BCUT2D eigenvalue weighted by Crippen LogP contribution is -2.33. The van der Waals surface area contributed by atoms with Crippen LogP contribution >= 0.6 is 0 Å². The largest absolute Gasteiger partial charge is 0.355 e. The predicted molar refractivity (Wildman–Crippen MR) is 107 cm³/mol. The molecule has 0 unspecified atom stereocenters. The fraction of sp³-hybridized carbons (Fsp3) is 0.636. The smallest absolute Gasteiger partial charge is 0.223 e. The number of benzene rings is 1. The van der Waals surface area contributed by atoms with Gasteiger partial charge in [0.1, 0.15) is 5.82 Å². The second-order valence-corrected chi connectivity index (χ2v) is 7.61. The highest BCUT2D eigenvalue weighted by molar-refractivity contribution is 5.78. The lowest BCUT2D eigenvalue weighted by atomic mass is 9.89. The van der Waals surface area contributed by atoms with Crippen LogP contribution in [0.15, 0.2) is 24.3 Å². The van der Waals surface area contributed by atoms with E-state index in [1.165, 1.54) is 50.5 Å². The number of unbranched alkanes of at least 4 members (excludes halogenated alkanes) is 3. The molecule has 4 heteroatoms. The predicted octanol–water partition coefficient (Wildman–Crippen LogP) is 4.86. The lowest BCUT2D eigenvalue weighted by Gasteiger charge is -2.20. The van der Waals surface area contributed by atoms with Crippen LogP contribution in [0.4, 0.5) is 0 Å². The van der Waals surface area contributed by atoms with Gasteiger partial charge in [-0.15, -0.1) is 0 Å². The Morgan fingerprint density at radius 1 is 1.15 bits per heavy atom. The summed E-state index contributed by atoms with van der Waals surface area (Å²) in [6.07, 6.45) is 11.6. The van der Waals surface area contributed by atoms with Crippen molar-refractivity contribution in [3.8, 4) is 0 Å². The summed E-state index contributed by atoms with van der Waals surface area (Å²) in [4.78, 5) is 17.2. The topological polar surface area (TPSA) is 46.9 Å². The number of hydrogen-bond donors (Lipinski definition) is 1. The highest BCUT2D eigenvalue weighted by atomic mass is 16.1. The molecule has 1 aromatic carbocycles. The fourth-order valence-electron chi connectivity index (χ4n) is 4.07. The summed E-state index contributed by atoms with van der Waals surface area (Å²) >= 11 is 0. The molecule has 0 aliphatic heterocycles. The van der Waals surface area contributed by atoms with Crippen LogP contribution in [-0.4, -0.2) is 22.0 Å². The molecule has 1 amide bonds. The number of rotatable bonds is 9. The molecule has 26 heavy (non-hydrogen) atoms. The van der Waals surface area contributed by atoms with Gasteiger partial charge in [-0.05, 0) is 31.4 Å². The molecule has 0 spiro atoms. The molecule has 4 nitrogen and oxygen atoms in total. The minimum absolute atomic E-state index is 0.233. The van der Waals surface area contributed by atoms with Crippen LogP contribution in [0.5, 0.6) is 0 Å². The number of para-hydroxylation sites is 2. The van der Waals surface area contributed by atoms with E-state index in [4.69, 9.17) is 4.98 Å². The molecular weight excluding hydrogens is 322 g/mol. The lowest BCUT2D eigenvalue weighted by molar-refractivity contribution is -0.125. The van der Waals surface area contributed by atoms with Crippen LogP contribution in [0.25, 0.3) is 11.0 Å². The van der Waals surface area contributed by atoms with Gasteiger partial charge in [0.25, 0.3) is 0 Å². The average molecular weight is 356 g/mol. The number of aryl methyl sites for hydroxylation is 1. The third-order valence-electron chi connectivity index (χ3n) is 5.59. The third kappa shape index (κ3) is 4.87. The average Bonchev–Trinajstić information content (AvgIpc) is 3.03. The van der Waals surface area contributed by atoms with Gasteiger partial charge in [0.2, 0.25) is 5.91 Å². The molecule has 142 valence electrons. The summed E-state index contributed by atoms with van der Waals surface area (Å²) in [6.45, 7) is 3.95. The van der Waals surface area contributed by atoms with E-state index < -0.39 is 0 Å². The number of fused-ring (bicyclic) bond motifs is 1. The number of nitrogens with one attached hydrogen (secondary N) is 1. The van der Waals surface area contributed by atoms with E-state index in [-0.39, 0.29) is 11.8 Å². The molecule has 0 bridgehead atoms. The Kier molecular flexibility index (Phi) is 7.10. The molecule has 1 aliphatic carbocycles. The highest BCUT2D eigenvalue weighted by Gasteiger charge is 2.20. The van der Waals surface area contributed by atoms with Crippen molar-refractivity contribution in [3.05, 3.63) is 30.1 Å². The zero-order valence-corrected chi connectivity index (χ0v) is 16.2. The van der Waals surface area contributed by atoms with E-state index in [0.717, 1.165) is 37.1 Å². The van der Waals surface area contributed by atoms with Crippen LogP contribution in [0.2, 0.25) is 0 Å². The summed E-state index contributed by atoms with van der Waals surface area (Å²) in [5, 5.41) is 3.16. The zero-order valence-electron chi connectivity index (χ0n) is 16.2. The van der Waals surface area contributed by atoms with Crippen molar-refractivity contribution >= 4 is 16.9 Å². The summed E-state index contributed by atoms with van der Waals surface area (Å²) < 4.78 is 2.36. The van der Waals surface area contributed by atoms with Gasteiger partial charge in [0.15, 0.2) is 0 Å². The van der Waals surface area contributed by atoms with Gasteiger partial charge in [-0.3, -0.25) is 4.79 Å². The summed E-state index contributed by atoms with van der Waals surface area (Å²) in [5.74, 6) is 1.58. The second kappa shape index (κ2) is 9.75. The normalized spacial score (nSPS) is 15.4. The number of amides is 1. The molecule has 2 aromatic rings. The van der Waals surface area contributed by atoms with Crippen LogP contribution in [0, 0.1) is 5.92 Å². The van der Waals surface area contributed by atoms with Crippen molar-refractivity contribution in [2.45, 2.75) is 77.7 Å². The molecular formula is C22H33N3O. The Labute approximate surface area is 157 Å². The quantitative estimate of drug-likeness (QED) is 0.653. The number of carbonyl (C=O) groups is 1. The number of hydrogen-bond acceptors (Lipinski definition) is 2. The van der Waals surface area contributed by atoms with Crippen molar-refractivity contribution < 1.29 is 4.79 Å². The molecule has 0 atom stereocenters. The maximum Gasteiger partial charge on any atom is 0.223 e. The monoisotopic (exact) mass is 355 g/mol. The van der Waals surface area contributed by atoms with Gasteiger partial charge in [-0.1, -0.05) is 57.6 Å². The van der Waals surface area contributed by atoms with Crippen molar-refractivity contribution in [2.75, 3.05) is 6.54 Å². The van der Waals surface area contributed by atoms with Gasteiger partial charge >= 0.3 is 0 Å².